The largest absolute Gasteiger partial charge is 0.459 e. The van der Waals surface area contributed by atoms with Crippen LogP contribution in [0.2, 0.25) is 0 Å². The van der Waals surface area contributed by atoms with E-state index in [1.807, 2.05) is 18.2 Å². The van der Waals surface area contributed by atoms with Crippen molar-refractivity contribution in [3.05, 3.63) is 35.9 Å². The van der Waals surface area contributed by atoms with Crippen LogP contribution in [-0.2, 0) is 14.2 Å². The van der Waals surface area contributed by atoms with Gasteiger partial charge in [0.25, 0.3) is 0 Å². The number of ether oxygens (including phenoxy) is 3. The molecule has 1 aliphatic heterocycles. The van der Waals surface area contributed by atoms with Crippen molar-refractivity contribution in [2.75, 3.05) is 13.7 Å². The van der Waals surface area contributed by atoms with Crippen LogP contribution >= 0.6 is 0 Å². The molecule has 0 bridgehead atoms. The average molecular weight is 264 g/mol. The molecule has 1 saturated heterocycles. The van der Waals surface area contributed by atoms with E-state index in [1.54, 1.807) is 19.2 Å². The van der Waals surface area contributed by atoms with Crippen molar-refractivity contribution in [3.8, 4) is 0 Å². The molecule has 104 valence electrons. The summed E-state index contributed by atoms with van der Waals surface area (Å²) in [6, 6.07) is 8.96. The lowest BCUT2D eigenvalue weighted by Gasteiger charge is -2.24. The molecule has 0 aliphatic carbocycles. The van der Waals surface area contributed by atoms with Gasteiger partial charge in [-0.3, -0.25) is 0 Å². The highest BCUT2D eigenvalue weighted by Crippen LogP contribution is 2.38. The van der Waals surface area contributed by atoms with Crippen LogP contribution in [0.15, 0.2) is 30.3 Å². The van der Waals surface area contributed by atoms with Crippen LogP contribution in [0.4, 0.5) is 0 Å². The molecule has 2 atom stereocenters. The van der Waals surface area contributed by atoms with Gasteiger partial charge in [0.2, 0.25) is 0 Å². The second-order valence-corrected chi connectivity index (χ2v) is 5.45. The summed E-state index contributed by atoms with van der Waals surface area (Å²) in [4.78, 5) is 11.9. The van der Waals surface area contributed by atoms with E-state index in [0.717, 1.165) is 6.42 Å². The van der Waals surface area contributed by atoms with E-state index >= 15 is 0 Å². The van der Waals surface area contributed by atoms with Crippen molar-refractivity contribution in [2.45, 2.75) is 32.7 Å². The summed E-state index contributed by atoms with van der Waals surface area (Å²) in [7, 11) is 1.62. The van der Waals surface area contributed by atoms with Crippen molar-refractivity contribution in [2.24, 2.45) is 5.41 Å². The van der Waals surface area contributed by atoms with Gasteiger partial charge >= 0.3 is 5.97 Å². The van der Waals surface area contributed by atoms with E-state index in [4.69, 9.17) is 14.2 Å². The summed E-state index contributed by atoms with van der Waals surface area (Å²) < 4.78 is 16.2. The average Bonchev–Trinajstić information content (AvgIpc) is 2.71. The molecule has 0 saturated carbocycles. The summed E-state index contributed by atoms with van der Waals surface area (Å²) >= 11 is 0. The van der Waals surface area contributed by atoms with Crippen LogP contribution in [0.1, 0.15) is 30.6 Å². The minimum Gasteiger partial charge on any atom is -0.459 e. The number of hydrogen-bond acceptors (Lipinski definition) is 4. The molecule has 2 unspecified atom stereocenters. The van der Waals surface area contributed by atoms with Gasteiger partial charge in [-0.2, -0.15) is 0 Å². The van der Waals surface area contributed by atoms with Crippen LogP contribution in [-0.4, -0.2) is 32.1 Å². The predicted octanol–water partition coefficient (Wildman–Crippen LogP) is 2.63. The molecule has 1 aliphatic rings. The van der Waals surface area contributed by atoms with E-state index in [2.05, 4.69) is 13.8 Å². The van der Waals surface area contributed by atoms with Gasteiger partial charge in [0.05, 0.1) is 5.56 Å². The van der Waals surface area contributed by atoms with Crippen molar-refractivity contribution < 1.29 is 19.0 Å². The number of carbonyl (C=O) groups excluding carboxylic acids is 1. The van der Waals surface area contributed by atoms with Gasteiger partial charge < -0.3 is 14.2 Å². The van der Waals surface area contributed by atoms with E-state index in [9.17, 15) is 4.79 Å². The first-order valence-electron chi connectivity index (χ1n) is 6.43. The Morgan fingerprint density at radius 2 is 2.05 bits per heavy atom. The van der Waals surface area contributed by atoms with Gasteiger partial charge in [-0.15, -0.1) is 0 Å². The second kappa shape index (κ2) is 5.72. The molecule has 1 fully saturated rings. The summed E-state index contributed by atoms with van der Waals surface area (Å²) in [5.74, 6) is -0.319. The fraction of sp³-hybridized carbons (Fsp3) is 0.533. The Labute approximate surface area is 113 Å². The number of carbonyl (C=O) groups is 1. The molecule has 1 aromatic rings. The molecular weight excluding hydrogens is 244 g/mol. The molecule has 1 heterocycles. The molecule has 0 N–H and O–H groups in total. The van der Waals surface area contributed by atoms with Gasteiger partial charge in [0.15, 0.2) is 6.29 Å². The molecule has 4 heteroatoms. The van der Waals surface area contributed by atoms with Crippen molar-refractivity contribution in [1.29, 1.82) is 0 Å². The molecule has 19 heavy (non-hydrogen) atoms. The van der Waals surface area contributed by atoms with Crippen molar-refractivity contribution in [1.82, 2.24) is 0 Å². The number of esters is 1. The Hall–Kier alpha value is -1.39. The third-order valence-electron chi connectivity index (χ3n) is 3.52. The molecule has 0 radical (unpaired) electrons. The lowest BCUT2D eigenvalue weighted by atomic mass is 9.86. The predicted molar refractivity (Wildman–Crippen MR) is 70.8 cm³/mol. The van der Waals surface area contributed by atoms with Crippen LogP contribution in [0.3, 0.4) is 0 Å². The normalized spacial score (nSPS) is 25.2. The SMILES string of the molecule is COC1CC(C)(C)C(COC(=O)c2ccccc2)O1. The Kier molecular flexibility index (Phi) is 4.22. The lowest BCUT2D eigenvalue weighted by molar-refractivity contribution is -0.128. The zero-order valence-corrected chi connectivity index (χ0v) is 11.6. The van der Waals surface area contributed by atoms with Gasteiger partial charge in [-0.05, 0) is 17.5 Å². The summed E-state index contributed by atoms with van der Waals surface area (Å²) in [5, 5.41) is 0. The topological polar surface area (TPSA) is 44.8 Å². The summed E-state index contributed by atoms with van der Waals surface area (Å²) in [6.07, 6.45) is 0.456. The zero-order chi connectivity index (χ0) is 13.9. The van der Waals surface area contributed by atoms with E-state index in [0.29, 0.717) is 5.56 Å². The molecule has 0 amide bonds. The molecular formula is C15H20O4. The van der Waals surface area contributed by atoms with Crippen LogP contribution in [0.5, 0.6) is 0 Å². The first kappa shape index (κ1) is 14.0. The highest BCUT2D eigenvalue weighted by Gasteiger charge is 2.42. The maximum absolute atomic E-state index is 11.9. The summed E-state index contributed by atoms with van der Waals surface area (Å²) in [6.45, 7) is 4.43. The number of benzene rings is 1. The van der Waals surface area contributed by atoms with E-state index < -0.39 is 0 Å². The van der Waals surface area contributed by atoms with Crippen LogP contribution in [0, 0.1) is 5.41 Å². The number of methoxy groups -OCH3 is 1. The first-order valence-corrected chi connectivity index (χ1v) is 6.43. The Morgan fingerprint density at radius 1 is 1.37 bits per heavy atom. The lowest BCUT2D eigenvalue weighted by Crippen LogP contribution is -2.30. The fourth-order valence-corrected chi connectivity index (χ4v) is 2.19. The monoisotopic (exact) mass is 264 g/mol. The second-order valence-electron chi connectivity index (χ2n) is 5.45. The molecule has 1 aromatic carbocycles. The van der Waals surface area contributed by atoms with Crippen LogP contribution < -0.4 is 0 Å². The Bertz CT molecular complexity index is 427. The fourth-order valence-electron chi connectivity index (χ4n) is 2.19. The minimum absolute atomic E-state index is 0.0579. The highest BCUT2D eigenvalue weighted by atomic mass is 16.7. The first-order chi connectivity index (χ1) is 9.03. The van der Waals surface area contributed by atoms with Gasteiger partial charge in [-0.25, -0.2) is 4.79 Å². The molecule has 2 rings (SSSR count). The summed E-state index contributed by atoms with van der Waals surface area (Å²) in [5.41, 5.74) is 0.499. The van der Waals surface area contributed by atoms with Gasteiger partial charge in [-0.1, -0.05) is 32.0 Å². The van der Waals surface area contributed by atoms with Crippen LogP contribution in [0.25, 0.3) is 0 Å². The quantitative estimate of drug-likeness (QED) is 0.784. The van der Waals surface area contributed by atoms with Crippen molar-refractivity contribution in [3.63, 3.8) is 0 Å². The minimum atomic E-state index is -0.319. The van der Waals surface area contributed by atoms with Gasteiger partial charge in [0, 0.05) is 13.5 Å². The number of rotatable bonds is 4. The van der Waals surface area contributed by atoms with Crippen molar-refractivity contribution >= 4 is 5.97 Å². The number of hydrogen-bond donors (Lipinski definition) is 0. The zero-order valence-electron chi connectivity index (χ0n) is 11.6. The highest BCUT2D eigenvalue weighted by molar-refractivity contribution is 5.89. The molecule has 4 nitrogen and oxygen atoms in total. The third kappa shape index (κ3) is 3.33. The Morgan fingerprint density at radius 3 is 2.63 bits per heavy atom. The standard InChI is InChI=1S/C15H20O4/c1-15(2)9-13(17-3)19-12(15)10-18-14(16)11-7-5-4-6-8-11/h4-8,12-13H,9-10H2,1-3H3. The van der Waals surface area contributed by atoms with E-state index in [-0.39, 0.29) is 30.4 Å². The maximum Gasteiger partial charge on any atom is 0.338 e. The van der Waals surface area contributed by atoms with E-state index in [1.165, 1.54) is 0 Å². The third-order valence-corrected chi connectivity index (χ3v) is 3.52. The van der Waals surface area contributed by atoms with Gasteiger partial charge in [0.1, 0.15) is 12.7 Å². The Balaban J connectivity index is 1.91. The molecule has 0 spiro atoms. The maximum atomic E-state index is 11.9. The molecule has 0 aromatic heterocycles. The smallest absolute Gasteiger partial charge is 0.338 e.